The molecular formula is C29H40N6O4. The highest BCUT2D eigenvalue weighted by Crippen LogP contribution is 2.21. The molecule has 2 amide bonds. The summed E-state index contributed by atoms with van der Waals surface area (Å²) in [6.45, 7) is 14.7. The molecule has 0 atom stereocenters. The third-order valence-corrected chi connectivity index (χ3v) is 6.26. The maximum Gasteiger partial charge on any atom is 0.410 e. The van der Waals surface area contributed by atoms with Crippen LogP contribution >= 0.6 is 0 Å². The molecule has 0 saturated heterocycles. The van der Waals surface area contributed by atoms with E-state index in [1.807, 2.05) is 32.9 Å². The first-order valence-electron chi connectivity index (χ1n) is 13.5. The summed E-state index contributed by atoms with van der Waals surface area (Å²) in [5.74, 6) is 1.51. The Morgan fingerprint density at radius 3 is 2.69 bits per heavy atom. The van der Waals surface area contributed by atoms with E-state index in [-0.39, 0.29) is 18.2 Å². The fraction of sp³-hybridized carbons (Fsp3) is 0.483. The highest BCUT2D eigenvalue weighted by molar-refractivity contribution is 5.94. The number of aliphatic hydroxyl groups is 1. The monoisotopic (exact) mass is 536 g/mol. The summed E-state index contributed by atoms with van der Waals surface area (Å²) in [5, 5.41) is 21.2. The standard InChI is InChI=1S/C27H34N6O4.C2H6/c1-18(24-31-30-23-10-5-6-12-33(23)24)8-7-9-19(2)29-25(34)22-14-21-16-32(13-11-20(21)15-28-22)26(35)37-17-27(3,4)36;1-2/h7-9,14-15,36H,2,5-6,10-13,16-17H2,1,3-4H3,(H,29,34);1-2H3/b9-7-,18-8+;. The third-order valence-electron chi connectivity index (χ3n) is 6.26. The predicted molar refractivity (Wildman–Crippen MR) is 150 cm³/mol. The van der Waals surface area contributed by atoms with Gasteiger partial charge in [-0.05, 0) is 68.9 Å². The maximum atomic E-state index is 12.8. The normalized spacial score (nSPS) is 15.1. The van der Waals surface area contributed by atoms with Crippen LogP contribution in [0.5, 0.6) is 0 Å². The van der Waals surface area contributed by atoms with Crippen LogP contribution < -0.4 is 5.32 Å². The van der Waals surface area contributed by atoms with Crippen molar-refractivity contribution in [2.75, 3.05) is 13.2 Å². The Bertz CT molecular complexity index is 1250. The lowest BCUT2D eigenvalue weighted by Gasteiger charge is -2.29. The molecular weight excluding hydrogens is 496 g/mol. The number of amides is 2. The van der Waals surface area contributed by atoms with E-state index in [0.717, 1.165) is 54.2 Å². The van der Waals surface area contributed by atoms with Crippen molar-refractivity contribution in [1.82, 2.24) is 30.0 Å². The molecule has 2 aromatic heterocycles. The van der Waals surface area contributed by atoms with E-state index in [1.165, 1.54) is 0 Å². The van der Waals surface area contributed by atoms with Crippen molar-refractivity contribution in [1.29, 1.82) is 0 Å². The van der Waals surface area contributed by atoms with Crippen LogP contribution in [0, 0.1) is 0 Å². The van der Waals surface area contributed by atoms with E-state index in [0.29, 0.717) is 25.2 Å². The van der Waals surface area contributed by atoms with Gasteiger partial charge in [-0.25, -0.2) is 4.79 Å². The summed E-state index contributed by atoms with van der Waals surface area (Å²) in [7, 11) is 0. The topological polar surface area (TPSA) is 122 Å². The number of ether oxygens (including phenoxy) is 1. The van der Waals surface area contributed by atoms with E-state index in [4.69, 9.17) is 4.74 Å². The number of aromatic nitrogens is 4. The second-order valence-corrected chi connectivity index (χ2v) is 10.1. The molecule has 0 aromatic carbocycles. The van der Waals surface area contributed by atoms with Gasteiger partial charge in [0.15, 0.2) is 5.82 Å². The summed E-state index contributed by atoms with van der Waals surface area (Å²) in [5.41, 5.74) is 2.37. The first-order valence-corrected chi connectivity index (χ1v) is 13.5. The summed E-state index contributed by atoms with van der Waals surface area (Å²) < 4.78 is 7.37. The van der Waals surface area contributed by atoms with Crippen LogP contribution in [0.3, 0.4) is 0 Å². The molecule has 0 bridgehead atoms. The molecule has 0 saturated carbocycles. The minimum absolute atomic E-state index is 0.0925. The zero-order chi connectivity index (χ0) is 28.6. The molecule has 0 unspecified atom stereocenters. The second-order valence-electron chi connectivity index (χ2n) is 10.1. The Labute approximate surface area is 230 Å². The number of nitrogens with one attached hydrogen (secondary N) is 1. The molecule has 0 radical (unpaired) electrons. The van der Waals surface area contributed by atoms with Gasteiger partial charge in [0.2, 0.25) is 0 Å². The maximum absolute atomic E-state index is 12.8. The van der Waals surface area contributed by atoms with Crippen LogP contribution in [0.1, 0.15) is 80.7 Å². The fourth-order valence-electron chi connectivity index (χ4n) is 4.28. The molecule has 2 aromatic rings. The summed E-state index contributed by atoms with van der Waals surface area (Å²) in [6.07, 6.45) is 10.5. The van der Waals surface area contributed by atoms with Crippen molar-refractivity contribution in [3.63, 3.8) is 0 Å². The Morgan fingerprint density at radius 1 is 1.18 bits per heavy atom. The lowest BCUT2D eigenvalue weighted by Crippen LogP contribution is -2.39. The van der Waals surface area contributed by atoms with Crippen molar-refractivity contribution in [2.45, 2.75) is 79.0 Å². The van der Waals surface area contributed by atoms with Crippen LogP contribution in [0.15, 0.2) is 42.8 Å². The van der Waals surface area contributed by atoms with Crippen molar-refractivity contribution < 1.29 is 19.4 Å². The van der Waals surface area contributed by atoms with Crippen LogP contribution in [0.4, 0.5) is 4.79 Å². The number of carbonyl (C=O) groups is 2. The highest BCUT2D eigenvalue weighted by Gasteiger charge is 2.25. The number of aryl methyl sites for hydroxylation is 1. The number of rotatable bonds is 7. The molecule has 2 aliphatic heterocycles. The Hall–Kier alpha value is -3.79. The van der Waals surface area contributed by atoms with E-state index in [2.05, 4.69) is 31.6 Å². The first-order chi connectivity index (χ1) is 18.6. The second kappa shape index (κ2) is 13.3. The van der Waals surface area contributed by atoms with E-state index >= 15 is 0 Å². The first kappa shape index (κ1) is 29.8. The molecule has 4 heterocycles. The van der Waals surface area contributed by atoms with Gasteiger partial charge >= 0.3 is 6.09 Å². The average molecular weight is 537 g/mol. The summed E-state index contributed by atoms with van der Waals surface area (Å²) >= 11 is 0. The van der Waals surface area contributed by atoms with Crippen LogP contribution in [0.2, 0.25) is 0 Å². The molecule has 39 heavy (non-hydrogen) atoms. The molecule has 0 aliphatic carbocycles. The SMILES string of the molecule is C=C(/C=C\C=C(/C)c1nnc2n1CCCC2)NC(=O)c1cc2c(cn1)CCN(C(=O)OCC(C)(C)O)C2.CC. The number of fused-ring (bicyclic) bond motifs is 2. The Kier molecular flexibility index (Phi) is 10.2. The van der Waals surface area contributed by atoms with Gasteiger partial charge in [0.1, 0.15) is 18.1 Å². The van der Waals surface area contributed by atoms with Crippen LogP contribution in [0.25, 0.3) is 5.57 Å². The van der Waals surface area contributed by atoms with Gasteiger partial charge in [-0.2, -0.15) is 0 Å². The number of nitrogens with zero attached hydrogens (tertiary/aromatic N) is 5. The molecule has 2 aliphatic rings. The van der Waals surface area contributed by atoms with Gasteiger partial charge in [0.25, 0.3) is 5.91 Å². The van der Waals surface area contributed by atoms with Gasteiger partial charge in [-0.3, -0.25) is 9.78 Å². The van der Waals surface area contributed by atoms with Gasteiger partial charge < -0.3 is 24.6 Å². The van der Waals surface area contributed by atoms with E-state index < -0.39 is 11.7 Å². The number of carbonyl (C=O) groups excluding carboxylic acids is 2. The van der Waals surface area contributed by atoms with Gasteiger partial charge in [-0.15, -0.1) is 10.2 Å². The smallest absolute Gasteiger partial charge is 0.410 e. The lowest BCUT2D eigenvalue weighted by molar-refractivity contribution is -0.00487. The van der Waals surface area contributed by atoms with Crippen molar-refractivity contribution in [3.8, 4) is 0 Å². The predicted octanol–water partition coefficient (Wildman–Crippen LogP) is 4.20. The zero-order valence-corrected chi connectivity index (χ0v) is 23.7. The van der Waals surface area contributed by atoms with Crippen LogP contribution in [-0.4, -0.2) is 60.5 Å². The molecule has 0 fully saturated rings. The number of hydrogen-bond acceptors (Lipinski definition) is 7. The number of pyridine rings is 1. The van der Waals surface area contributed by atoms with Crippen LogP contribution in [-0.2, 0) is 30.7 Å². The summed E-state index contributed by atoms with van der Waals surface area (Å²) in [6, 6.07) is 1.69. The molecule has 10 nitrogen and oxygen atoms in total. The minimum atomic E-state index is -1.10. The number of allylic oxidation sites excluding steroid dienone is 4. The van der Waals surface area contributed by atoms with E-state index in [1.54, 1.807) is 37.1 Å². The highest BCUT2D eigenvalue weighted by atomic mass is 16.6. The molecule has 10 heteroatoms. The molecule has 210 valence electrons. The van der Waals surface area contributed by atoms with Gasteiger partial charge in [0, 0.05) is 37.9 Å². The fourth-order valence-corrected chi connectivity index (χ4v) is 4.28. The van der Waals surface area contributed by atoms with Gasteiger partial charge in [-0.1, -0.05) is 32.6 Å². The minimum Gasteiger partial charge on any atom is -0.446 e. The Balaban J connectivity index is 0.00000205. The number of hydrogen-bond donors (Lipinski definition) is 2. The summed E-state index contributed by atoms with van der Waals surface area (Å²) in [4.78, 5) is 31.0. The van der Waals surface area contributed by atoms with Crippen molar-refractivity contribution >= 4 is 17.6 Å². The Morgan fingerprint density at radius 2 is 1.95 bits per heavy atom. The van der Waals surface area contributed by atoms with E-state index in [9.17, 15) is 14.7 Å². The lowest BCUT2D eigenvalue weighted by atomic mass is 10.0. The molecule has 0 spiro atoms. The van der Waals surface area contributed by atoms with Crippen molar-refractivity contribution in [2.24, 2.45) is 0 Å². The van der Waals surface area contributed by atoms with Gasteiger partial charge in [0.05, 0.1) is 5.60 Å². The van der Waals surface area contributed by atoms with Crippen molar-refractivity contribution in [3.05, 3.63) is 71.2 Å². The molecule has 2 N–H and O–H groups in total. The molecule has 4 rings (SSSR count). The third kappa shape index (κ3) is 8.10. The quantitative estimate of drug-likeness (QED) is 0.509. The largest absolute Gasteiger partial charge is 0.446 e. The average Bonchev–Trinajstić information content (AvgIpc) is 3.36. The zero-order valence-electron chi connectivity index (χ0n) is 23.7.